The van der Waals surface area contributed by atoms with Gasteiger partial charge in [-0.2, -0.15) is 0 Å². The highest BCUT2D eigenvalue weighted by molar-refractivity contribution is 5.92. The lowest BCUT2D eigenvalue weighted by atomic mass is 9.99. The predicted molar refractivity (Wildman–Crippen MR) is 76.1 cm³/mol. The summed E-state index contributed by atoms with van der Waals surface area (Å²) in [4.78, 5) is 26.1. The molecule has 0 aromatic carbocycles. The molecule has 5 nitrogen and oxygen atoms in total. The third-order valence-corrected chi connectivity index (χ3v) is 4.36. The molecule has 2 amide bonds. The third-order valence-electron chi connectivity index (χ3n) is 4.36. The van der Waals surface area contributed by atoms with Crippen molar-refractivity contribution in [2.24, 2.45) is 17.8 Å². The Morgan fingerprint density at radius 3 is 2.60 bits per heavy atom. The molecule has 0 spiro atoms. The first-order chi connectivity index (χ1) is 9.63. The molecule has 0 aromatic rings. The van der Waals surface area contributed by atoms with Crippen LogP contribution < -0.4 is 5.32 Å². The van der Waals surface area contributed by atoms with Crippen LogP contribution in [-0.4, -0.2) is 50.1 Å². The monoisotopic (exact) mass is 282 g/mol. The molecule has 2 atom stereocenters. The summed E-state index contributed by atoms with van der Waals surface area (Å²) < 4.78 is 4.93. The summed E-state index contributed by atoms with van der Waals surface area (Å²) in [5, 5.41) is 2.88. The van der Waals surface area contributed by atoms with Gasteiger partial charge in [0.2, 0.25) is 11.8 Å². The van der Waals surface area contributed by atoms with Crippen LogP contribution in [0.4, 0.5) is 0 Å². The molecule has 1 heterocycles. The quantitative estimate of drug-likeness (QED) is 0.740. The van der Waals surface area contributed by atoms with Crippen molar-refractivity contribution < 1.29 is 14.3 Å². The number of ether oxygens (including phenoxy) is 1. The Labute approximate surface area is 121 Å². The molecule has 0 bridgehead atoms. The average molecular weight is 282 g/mol. The molecule has 1 N–H and O–H groups in total. The number of carbonyl (C=O) groups is 2. The zero-order valence-corrected chi connectivity index (χ0v) is 12.6. The Kier molecular flexibility index (Phi) is 5.40. The molecule has 1 saturated carbocycles. The topological polar surface area (TPSA) is 58.6 Å². The van der Waals surface area contributed by atoms with Crippen molar-refractivity contribution in [3.8, 4) is 0 Å². The Bertz CT molecular complexity index is 351. The van der Waals surface area contributed by atoms with Crippen LogP contribution in [0.25, 0.3) is 0 Å². The molecule has 2 rings (SSSR count). The summed E-state index contributed by atoms with van der Waals surface area (Å²) in [5.41, 5.74) is 0. The van der Waals surface area contributed by atoms with E-state index in [9.17, 15) is 9.59 Å². The second-order valence-electron chi connectivity index (χ2n) is 6.09. The van der Waals surface area contributed by atoms with E-state index in [4.69, 9.17) is 4.74 Å². The smallest absolute Gasteiger partial charge is 0.226 e. The molecule has 0 radical (unpaired) electrons. The number of nitrogens with zero attached hydrogens (tertiary/aromatic N) is 1. The van der Waals surface area contributed by atoms with Crippen LogP contribution >= 0.6 is 0 Å². The van der Waals surface area contributed by atoms with Gasteiger partial charge >= 0.3 is 0 Å². The number of carbonyl (C=O) groups excluding carboxylic acids is 2. The molecular formula is C15H26N2O3. The molecule has 2 aliphatic rings. The fourth-order valence-electron chi connectivity index (χ4n) is 2.78. The van der Waals surface area contributed by atoms with Crippen LogP contribution in [0.2, 0.25) is 0 Å². The van der Waals surface area contributed by atoms with Gasteiger partial charge in [-0.15, -0.1) is 0 Å². The van der Waals surface area contributed by atoms with Crippen molar-refractivity contribution in [1.29, 1.82) is 0 Å². The molecule has 0 aromatic heterocycles. The van der Waals surface area contributed by atoms with Crippen molar-refractivity contribution in [1.82, 2.24) is 10.2 Å². The second kappa shape index (κ2) is 7.07. The first-order valence-electron chi connectivity index (χ1n) is 7.69. The number of piperidine rings is 1. The van der Waals surface area contributed by atoms with E-state index < -0.39 is 0 Å². The van der Waals surface area contributed by atoms with E-state index in [1.807, 2.05) is 4.90 Å². The maximum Gasteiger partial charge on any atom is 0.226 e. The van der Waals surface area contributed by atoms with Crippen molar-refractivity contribution in [2.45, 2.75) is 32.6 Å². The van der Waals surface area contributed by atoms with Crippen LogP contribution in [0, 0.1) is 17.8 Å². The largest absolute Gasteiger partial charge is 0.385 e. The molecule has 2 fully saturated rings. The summed E-state index contributed by atoms with van der Waals surface area (Å²) in [6.07, 6.45) is 3.72. The Morgan fingerprint density at radius 1 is 1.25 bits per heavy atom. The number of rotatable bonds is 6. The maximum atomic E-state index is 12.3. The van der Waals surface area contributed by atoms with E-state index in [1.165, 1.54) is 0 Å². The van der Waals surface area contributed by atoms with Gasteiger partial charge in [-0.3, -0.25) is 9.59 Å². The highest BCUT2D eigenvalue weighted by Gasteiger charge is 2.49. The van der Waals surface area contributed by atoms with E-state index >= 15 is 0 Å². The zero-order chi connectivity index (χ0) is 14.5. The molecule has 114 valence electrons. The summed E-state index contributed by atoms with van der Waals surface area (Å²) in [6, 6.07) is 0. The molecule has 2 unspecified atom stereocenters. The van der Waals surface area contributed by atoms with Crippen molar-refractivity contribution in [3.05, 3.63) is 0 Å². The van der Waals surface area contributed by atoms with E-state index in [0.717, 1.165) is 44.7 Å². The summed E-state index contributed by atoms with van der Waals surface area (Å²) in [5.74, 6) is 0.784. The minimum Gasteiger partial charge on any atom is -0.385 e. The number of likely N-dealkylation sites (tertiary alicyclic amines) is 1. The van der Waals surface area contributed by atoms with Gasteiger partial charge in [-0.05, 0) is 31.6 Å². The number of hydrogen-bond acceptors (Lipinski definition) is 3. The summed E-state index contributed by atoms with van der Waals surface area (Å²) in [6.45, 7) is 5.23. The second-order valence-corrected chi connectivity index (χ2v) is 6.09. The van der Waals surface area contributed by atoms with Crippen molar-refractivity contribution in [2.75, 3.05) is 33.4 Å². The van der Waals surface area contributed by atoms with Crippen LogP contribution in [0.1, 0.15) is 32.6 Å². The summed E-state index contributed by atoms with van der Waals surface area (Å²) in [7, 11) is 1.65. The van der Waals surface area contributed by atoms with Crippen LogP contribution in [0.15, 0.2) is 0 Å². The lowest BCUT2D eigenvalue weighted by Crippen LogP contribution is -2.39. The average Bonchev–Trinajstić information content (AvgIpc) is 3.24. The minimum absolute atomic E-state index is 0.0323. The van der Waals surface area contributed by atoms with Gasteiger partial charge < -0.3 is 15.0 Å². The highest BCUT2D eigenvalue weighted by Crippen LogP contribution is 2.40. The Hall–Kier alpha value is -1.10. The zero-order valence-electron chi connectivity index (χ0n) is 12.6. The minimum atomic E-state index is -0.0932. The van der Waals surface area contributed by atoms with E-state index in [0.29, 0.717) is 13.2 Å². The first kappa shape index (κ1) is 15.3. The molecule has 1 aliphatic carbocycles. The molecule has 1 aliphatic heterocycles. The molecule has 1 saturated heterocycles. The first-order valence-corrected chi connectivity index (χ1v) is 7.69. The fraction of sp³-hybridized carbons (Fsp3) is 0.867. The van der Waals surface area contributed by atoms with Gasteiger partial charge in [0.1, 0.15) is 0 Å². The number of hydrogen-bond donors (Lipinski definition) is 1. The standard InChI is InChI=1S/C15H26N2O3/c1-11-4-7-17(8-5-11)15(19)13-10-12(13)14(18)16-6-3-9-20-2/h11-13H,3-10H2,1-2H3,(H,16,18). The SMILES string of the molecule is COCCCNC(=O)C1CC1C(=O)N1CCC(C)CC1. The van der Waals surface area contributed by atoms with Crippen molar-refractivity contribution in [3.63, 3.8) is 0 Å². The Balaban J connectivity index is 1.68. The molecule has 20 heavy (non-hydrogen) atoms. The van der Waals surface area contributed by atoms with Gasteiger partial charge in [-0.1, -0.05) is 6.92 Å². The van der Waals surface area contributed by atoms with Gasteiger partial charge in [0.25, 0.3) is 0 Å². The van der Waals surface area contributed by atoms with Crippen LogP contribution in [0.3, 0.4) is 0 Å². The maximum absolute atomic E-state index is 12.3. The van der Waals surface area contributed by atoms with Gasteiger partial charge in [0, 0.05) is 33.4 Å². The van der Waals surface area contributed by atoms with Gasteiger partial charge in [0.15, 0.2) is 0 Å². The van der Waals surface area contributed by atoms with E-state index in [2.05, 4.69) is 12.2 Å². The fourth-order valence-corrected chi connectivity index (χ4v) is 2.78. The van der Waals surface area contributed by atoms with Gasteiger partial charge in [0.05, 0.1) is 11.8 Å². The normalized spacial score (nSPS) is 26.4. The summed E-state index contributed by atoms with van der Waals surface area (Å²) >= 11 is 0. The lowest BCUT2D eigenvalue weighted by molar-refractivity contribution is -0.135. The Morgan fingerprint density at radius 2 is 1.95 bits per heavy atom. The predicted octanol–water partition coefficient (Wildman–Crippen LogP) is 1.03. The molecular weight excluding hydrogens is 256 g/mol. The molecule has 5 heteroatoms. The van der Waals surface area contributed by atoms with Crippen LogP contribution in [-0.2, 0) is 14.3 Å². The number of methoxy groups -OCH3 is 1. The number of nitrogens with one attached hydrogen (secondary N) is 1. The highest BCUT2D eigenvalue weighted by atomic mass is 16.5. The van der Waals surface area contributed by atoms with Crippen molar-refractivity contribution >= 4 is 11.8 Å². The number of amides is 2. The van der Waals surface area contributed by atoms with Crippen LogP contribution in [0.5, 0.6) is 0 Å². The third kappa shape index (κ3) is 3.95. The van der Waals surface area contributed by atoms with E-state index in [1.54, 1.807) is 7.11 Å². The lowest BCUT2D eigenvalue weighted by Gasteiger charge is -2.30. The van der Waals surface area contributed by atoms with E-state index in [-0.39, 0.29) is 23.7 Å². The van der Waals surface area contributed by atoms with Gasteiger partial charge in [-0.25, -0.2) is 0 Å².